The van der Waals surface area contributed by atoms with Crippen LogP contribution in [0.15, 0.2) is 48.5 Å². The Morgan fingerprint density at radius 2 is 2.00 bits per heavy atom. The summed E-state index contributed by atoms with van der Waals surface area (Å²) in [4.78, 5) is 11.7. The molecule has 3 aromatic rings. The highest BCUT2D eigenvalue weighted by molar-refractivity contribution is 5.92. The quantitative estimate of drug-likeness (QED) is 0.757. The van der Waals surface area contributed by atoms with Gasteiger partial charge in [0.1, 0.15) is 0 Å². The van der Waals surface area contributed by atoms with Crippen LogP contribution in [0.4, 0.5) is 11.4 Å². The van der Waals surface area contributed by atoms with Gasteiger partial charge in [0.25, 0.3) is 0 Å². The monoisotopic (exact) mass is 348 g/mol. The van der Waals surface area contributed by atoms with Gasteiger partial charge in [0.05, 0.1) is 11.7 Å². The molecule has 0 saturated carbocycles. The van der Waals surface area contributed by atoms with Crippen LogP contribution < -0.4 is 10.6 Å². The predicted molar refractivity (Wildman–Crippen MR) is 99.2 cm³/mol. The van der Waals surface area contributed by atoms with Crippen LogP contribution in [0.25, 0.3) is 5.69 Å². The average molecular weight is 348 g/mol. The minimum Gasteiger partial charge on any atom is -0.375 e. The fourth-order valence-electron chi connectivity index (χ4n) is 3.20. The van der Waals surface area contributed by atoms with E-state index in [1.807, 2.05) is 49.4 Å². The zero-order chi connectivity index (χ0) is 17.9. The number of aromatic nitrogens is 4. The summed E-state index contributed by atoms with van der Waals surface area (Å²) in [5.74, 6) is 0.819. The van der Waals surface area contributed by atoms with Crippen molar-refractivity contribution in [1.29, 1.82) is 0 Å². The summed E-state index contributed by atoms with van der Waals surface area (Å²) in [5.41, 5.74) is 3.95. The van der Waals surface area contributed by atoms with E-state index < -0.39 is 0 Å². The lowest BCUT2D eigenvalue weighted by atomic mass is 10.1. The molecule has 2 heterocycles. The van der Waals surface area contributed by atoms with E-state index >= 15 is 0 Å². The van der Waals surface area contributed by atoms with Crippen molar-refractivity contribution < 1.29 is 4.79 Å². The standard InChI is InChI=1S/C19H20N6O/c1-13(19-22-23-24-25(19)16-7-3-2-4-8-16)20-15-10-11-17-14(12-15)6-5-9-18(26)21-17/h2-4,7-8,10-13,20H,5-6,9H2,1H3,(H,21,26). The van der Waals surface area contributed by atoms with Crippen molar-refractivity contribution in [2.75, 3.05) is 10.6 Å². The SMILES string of the molecule is CC(Nc1ccc2c(c1)CCCC(=O)N2)c1nnnn1-c1ccccc1. The van der Waals surface area contributed by atoms with Crippen molar-refractivity contribution in [3.05, 3.63) is 59.9 Å². The Bertz CT molecular complexity index is 921. The van der Waals surface area contributed by atoms with E-state index in [9.17, 15) is 4.79 Å². The Kier molecular flexibility index (Phi) is 4.35. The number of amides is 1. The lowest BCUT2D eigenvalue weighted by molar-refractivity contribution is -0.116. The van der Waals surface area contributed by atoms with Gasteiger partial charge in [-0.3, -0.25) is 4.79 Å². The molecule has 1 atom stereocenters. The molecule has 7 heteroatoms. The number of carbonyl (C=O) groups excluding carboxylic acids is 1. The normalized spacial score (nSPS) is 14.9. The van der Waals surface area contributed by atoms with Crippen molar-refractivity contribution >= 4 is 17.3 Å². The molecule has 0 fully saturated rings. The van der Waals surface area contributed by atoms with Crippen LogP contribution in [0, 0.1) is 0 Å². The van der Waals surface area contributed by atoms with Crippen LogP contribution in [0.2, 0.25) is 0 Å². The van der Waals surface area contributed by atoms with Gasteiger partial charge in [-0.25, -0.2) is 0 Å². The highest BCUT2D eigenvalue weighted by Gasteiger charge is 2.17. The Morgan fingerprint density at radius 3 is 2.85 bits per heavy atom. The lowest BCUT2D eigenvalue weighted by Gasteiger charge is -2.16. The first-order valence-corrected chi connectivity index (χ1v) is 8.74. The largest absolute Gasteiger partial charge is 0.375 e. The van der Waals surface area contributed by atoms with E-state index in [4.69, 9.17) is 0 Å². The van der Waals surface area contributed by atoms with E-state index in [2.05, 4.69) is 32.2 Å². The average Bonchev–Trinajstić information content (AvgIpc) is 3.07. The summed E-state index contributed by atoms with van der Waals surface area (Å²) in [6.45, 7) is 2.03. The smallest absolute Gasteiger partial charge is 0.224 e. The van der Waals surface area contributed by atoms with Gasteiger partial charge in [-0.2, -0.15) is 4.68 Å². The fraction of sp³-hybridized carbons (Fsp3) is 0.263. The third-order valence-corrected chi connectivity index (χ3v) is 4.49. The van der Waals surface area contributed by atoms with E-state index in [0.29, 0.717) is 6.42 Å². The maximum absolute atomic E-state index is 11.7. The van der Waals surface area contributed by atoms with Crippen LogP contribution in [-0.2, 0) is 11.2 Å². The number of hydrogen-bond donors (Lipinski definition) is 2. The number of anilines is 2. The number of benzene rings is 2. The second kappa shape index (κ2) is 6.95. The van der Waals surface area contributed by atoms with Gasteiger partial charge >= 0.3 is 0 Å². The number of hydrogen-bond acceptors (Lipinski definition) is 5. The molecule has 0 radical (unpaired) electrons. The van der Waals surface area contributed by atoms with Gasteiger partial charge in [0.15, 0.2) is 5.82 Å². The van der Waals surface area contributed by atoms with Crippen LogP contribution in [-0.4, -0.2) is 26.1 Å². The molecule has 1 aromatic heterocycles. The van der Waals surface area contributed by atoms with Gasteiger partial charge < -0.3 is 10.6 Å². The number of rotatable bonds is 4. The summed E-state index contributed by atoms with van der Waals surface area (Å²) in [6, 6.07) is 15.8. The third-order valence-electron chi connectivity index (χ3n) is 4.49. The van der Waals surface area contributed by atoms with Crippen molar-refractivity contribution in [3.8, 4) is 5.69 Å². The summed E-state index contributed by atoms with van der Waals surface area (Å²) in [5, 5.41) is 18.5. The molecule has 2 aromatic carbocycles. The second-order valence-electron chi connectivity index (χ2n) is 6.42. The Balaban J connectivity index is 1.56. The predicted octanol–water partition coefficient (Wildman–Crippen LogP) is 3.11. The molecular formula is C19H20N6O. The van der Waals surface area contributed by atoms with E-state index in [0.717, 1.165) is 41.3 Å². The highest BCUT2D eigenvalue weighted by atomic mass is 16.1. The molecular weight excluding hydrogens is 328 g/mol. The lowest BCUT2D eigenvalue weighted by Crippen LogP contribution is -2.14. The van der Waals surface area contributed by atoms with Gasteiger partial charge in [-0.05, 0) is 66.1 Å². The van der Waals surface area contributed by atoms with E-state index in [1.54, 1.807) is 4.68 Å². The Hall–Kier alpha value is -3.22. The summed E-state index contributed by atoms with van der Waals surface area (Å²) in [6.07, 6.45) is 2.32. The molecule has 26 heavy (non-hydrogen) atoms. The van der Waals surface area contributed by atoms with Crippen LogP contribution >= 0.6 is 0 Å². The van der Waals surface area contributed by atoms with Gasteiger partial charge in [-0.15, -0.1) is 5.10 Å². The van der Waals surface area contributed by atoms with E-state index in [1.165, 1.54) is 0 Å². The minimum absolute atomic E-state index is 0.0800. The molecule has 0 saturated heterocycles. The van der Waals surface area contributed by atoms with Crippen molar-refractivity contribution in [3.63, 3.8) is 0 Å². The van der Waals surface area contributed by atoms with Crippen molar-refractivity contribution in [2.24, 2.45) is 0 Å². The molecule has 1 amide bonds. The van der Waals surface area contributed by atoms with E-state index in [-0.39, 0.29) is 11.9 Å². The number of nitrogens with zero attached hydrogens (tertiary/aromatic N) is 4. The number of fused-ring (bicyclic) bond motifs is 1. The second-order valence-corrected chi connectivity index (χ2v) is 6.42. The van der Waals surface area contributed by atoms with Gasteiger partial charge in [-0.1, -0.05) is 18.2 Å². The molecule has 2 N–H and O–H groups in total. The molecule has 1 aliphatic heterocycles. The van der Waals surface area contributed by atoms with Gasteiger partial charge in [0.2, 0.25) is 5.91 Å². The van der Waals surface area contributed by atoms with Crippen LogP contribution in [0.1, 0.15) is 37.2 Å². The van der Waals surface area contributed by atoms with Crippen LogP contribution in [0.3, 0.4) is 0 Å². The fourth-order valence-corrected chi connectivity index (χ4v) is 3.20. The molecule has 1 unspecified atom stereocenters. The third kappa shape index (κ3) is 3.28. The Morgan fingerprint density at radius 1 is 1.15 bits per heavy atom. The summed E-state index contributed by atoms with van der Waals surface area (Å²) < 4.78 is 1.74. The number of carbonyl (C=O) groups is 1. The van der Waals surface area contributed by atoms with Crippen molar-refractivity contribution in [2.45, 2.75) is 32.2 Å². The molecule has 132 valence electrons. The number of para-hydroxylation sites is 1. The molecule has 4 rings (SSSR count). The first-order chi connectivity index (χ1) is 12.7. The zero-order valence-electron chi connectivity index (χ0n) is 14.5. The summed E-state index contributed by atoms with van der Waals surface area (Å²) >= 11 is 0. The minimum atomic E-state index is -0.0800. The molecule has 1 aliphatic rings. The molecule has 0 spiro atoms. The van der Waals surface area contributed by atoms with Crippen LogP contribution in [0.5, 0.6) is 0 Å². The number of tetrazole rings is 1. The molecule has 0 aliphatic carbocycles. The molecule has 7 nitrogen and oxygen atoms in total. The summed E-state index contributed by atoms with van der Waals surface area (Å²) in [7, 11) is 0. The maximum Gasteiger partial charge on any atom is 0.224 e. The first kappa shape index (κ1) is 16.3. The van der Waals surface area contributed by atoms with Gasteiger partial charge in [0, 0.05) is 17.8 Å². The zero-order valence-corrected chi connectivity index (χ0v) is 14.5. The Labute approximate surface area is 151 Å². The number of aryl methyl sites for hydroxylation is 1. The number of nitrogens with one attached hydrogen (secondary N) is 2. The van der Waals surface area contributed by atoms with Crippen molar-refractivity contribution in [1.82, 2.24) is 20.2 Å². The maximum atomic E-state index is 11.7. The highest BCUT2D eigenvalue weighted by Crippen LogP contribution is 2.27. The first-order valence-electron chi connectivity index (χ1n) is 8.74. The molecule has 0 bridgehead atoms. The topological polar surface area (TPSA) is 84.7 Å².